The summed E-state index contributed by atoms with van der Waals surface area (Å²) in [4.78, 5) is 87.5. The van der Waals surface area contributed by atoms with E-state index >= 15 is 0 Å². The van der Waals surface area contributed by atoms with Crippen LogP contribution in [0.15, 0.2) is 0 Å². The fourth-order valence-corrected chi connectivity index (χ4v) is 7.63. The Bertz CT molecular complexity index is 1380. The van der Waals surface area contributed by atoms with Crippen molar-refractivity contribution in [2.45, 2.75) is 185 Å². The first-order valence-corrected chi connectivity index (χ1v) is 21.1. The average Bonchev–Trinajstić information content (AvgIpc) is 3.80. The topological polar surface area (TPSA) is 225 Å². The van der Waals surface area contributed by atoms with Crippen LogP contribution in [0.25, 0.3) is 0 Å². The van der Waals surface area contributed by atoms with Gasteiger partial charge in [0.2, 0.25) is 11.8 Å². The number of rotatable bonds is 25. The van der Waals surface area contributed by atoms with Gasteiger partial charge < -0.3 is 49.0 Å². The molecule has 2 fully saturated rings. The van der Waals surface area contributed by atoms with Gasteiger partial charge in [-0.2, -0.15) is 0 Å². The maximum atomic E-state index is 13.0. The second-order valence-electron chi connectivity index (χ2n) is 16.4. The zero-order valence-corrected chi connectivity index (χ0v) is 37.2. The fourth-order valence-electron chi connectivity index (χ4n) is 7.63. The minimum absolute atomic E-state index is 0. The molecule has 8 atom stereocenters. The minimum Gasteiger partial charge on any atom is -0.463 e. The van der Waals surface area contributed by atoms with E-state index in [1.54, 1.807) is 23.6 Å². The van der Waals surface area contributed by atoms with Crippen LogP contribution in [0.3, 0.4) is 0 Å². The van der Waals surface area contributed by atoms with Crippen molar-refractivity contribution in [3.05, 3.63) is 0 Å². The Balaban J connectivity index is 0. The number of esters is 5. The van der Waals surface area contributed by atoms with Gasteiger partial charge >= 0.3 is 29.8 Å². The van der Waals surface area contributed by atoms with E-state index in [-0.39, 0.29) is 65.0 Å². The molecule has 356 valence electrons. The molecule has 2 aliphatic rings. The van der Waals surface area contributed by atoms with Crippen molar-refractivity contribution in [3.8, 4) is 0 Å². The van der Waals surface area contributed by atoms with Crippen LogP contribution in [0, 0.1) is 10.8 Å². The number of nitrogens with zero attached hydrogens (tertiary/aromatic N) is 2. The summed E-state index contributed by atoms with van der Waals surface area (Å²) in [6.07, 6.45) is 2.17. The molecule has 0 aromatic carbocycles. The van der Waals surface area contributed by atoms with E-state index in [0.29, 0.717) is 71.1 Å². The zero-order chi connectivity index (χ0) is 44.9. The highest BCUT2D eigenvalue weighted by molar-refractivity contribution is 5.80. The molecule has 17 nitrogen and oxygen atoms in total. The predicted octanol–water partition coefficient (Wildman–Crippen LogP) is 4.50. The Morgan fingerprint density at radius 3 is 1.33 bits per heavy atom. The quantitative estimate of drug-likeness (QED) is 0.0848. The molecule has 3 N–H and O–H groups in total. The molecule has 0 aromatic rings. The maximum Gasteiger partial charge on any atom is 0.312 e. The maximum absolute atomic E-state index is 13.0. The highest BCUT2D eigenvalue weighted by Crippen LogP contribution is 2.36. The van der Waals surface area contributed by atoms with Gasteiger partial charge in [-0.15, -0.1) is 0 Å². The van der Waals surface area contributed by atoms with Crippen molar-refractivity contribution in [1.82, 2.24) is 15.1 Å². The first kappa shape index (κ1) is 59.3. The summed E-state index contributed by atoms with van der Waals surface area (Å²) in [5.74, 6) is -2.22. The summed E-state index contributed by atoms with van der Waals surface area (Å²) in [6.45, 7) is 18.6. The third-order valence-electron chi connectivity index (χ3n) is 10.6. The van der Waals surface area contributed by atoms with Gasteiger partial charge in [-0.1, -0.05) is 35.6 Å². The Kier molecular flexibility index (Phi) is 28.6. The summed E-state index contributed by atoms with van der Waals surface area (Å²) in [5, 5.41) is 22.8. The summed E-state index contributed by atoms with van der Waals surface area (Å²) in [5.41, 5.74) is -1.99. The van der Waals surface area contributed by atoms with Gasteiger partial charge in [0.1, 0.15) is 44.2 Å². The number of hydrogen-bond acceptors (Lipinski definition) is 15. The number of aliphatic hydroxyl groups excluding tert-OH is 2. The number of carbonyl (C=O) groups excluding carboxylic acids is 7. The van der Waals surface area contributed by atoms with E-state index in [0.717, 1.165) is 12.8 Å². The molecular weight excluding hydrogens is 794 g/mol. The first-order chi connectivity index (χ1) is 27.6. The van der Waals surface area contributed by atoms with Crippen molar-refractivity contribution in [3.63, 3.8) is 0 Å². The van der Waals surface area contributed by atoms with Crippen molar-refractivity contribution >= 4 is 41.7 Å². The van der Waals surface area contributed by atoms with Gasteiger partial charge in [-0.3, -0.25) is 33.6 Å². The van der Waals surface area contributed by atoms with Gasteiger partial charge in [0.15, 0.2) is 0 Å². The van der Waals surface area contributed by atoms with Crippen molar-refractivity contribution in [2.75, 3.05) is 46.0 Å². The van der Waals surface area contributed by atoms with Crippen LogP contribution in [-0.4, -0.2) is 144 Å². The molecular formula is C44H81N3O14. The summed E-state index contributed by atoms with van der Waals surface area (Å²) >= 11 is 0. The zero-order valence-electron chi connectivity index (χ0n) is 37.2. The highest BCUT2D eigenvalue weighted by atomic mass is 16.6. The lowest BCUT2D eigenvalue weighted by molar-refractivity contribution is -0.166. The second kappa shape index (κ2) is 29.5. The molecule has 0 spiro atoms. The molecule has 2 aliphatic heterocycles. The molecule has 0 radical (unpaired) electrons. The van der Waals surface area contributed by atoms with Crippen molar-refractivity contribution < 1.29 is 67.5 Å². The molecule has 61 heavy (non-hydrogen) atoms. The number of likely N-dealkylation sites (tertiary alicyclic amines) is 2. The highest BCUT2D eigenvalue weighted by Gasteiger charge is 2.43. The van der Waals surface area contributed by atoms with Gasteiger partial charge in [0.25, 0.3) is 0 Å². The number of aliphatic hydroxyl groups is 2. The van der Waals surface area contributed by atoms with E-state index in [2.05, 4.69) is 5.32 Å². The van der Waals surface area contributed by atoms with Gasteiger partial charge in [-0.05, 0) is 72.8 Å². The third kappa shape index (κ3) is 21.7. The third-order valence-corrected chi connectivity index (χ3v) is 10.6. The molecule has 8 unspecified atom stereocenters. The Morgan fingerprint density at radius 1 is 0.639 bits per heavy atom. The van der Waals surface area contributed by atoms with Crippen LogP contribution >= 0.6 is 0 Å². The van der Waals surface area contributed by atoms with Crippen LogP contribution in [0.2, 0.25) is 0 Å². The number of ether oxygens (including phenoxy) is 5. The van der Waals surface area contributed by atoms with Crippen LogP contribution in [0.5, 0.6) is 0 Å². The second-order valence-corrected chi connectivity index (χ2v) is 16.4. The average molecular weight is 876 g/mol. The lowest BCUT2D eigenvalue weighted by Gasteiger charge is -2.36. The summed E-state index contributed by atoms with van der Waals surface area (Å²) in [7, 11) is 0. The van der Waals surface area contributed by atoms with E-state index in [9.17, 15) is 43.8 Å². The van der Waals surface area contributed by atoms with Crippen LogP contribution in [-0.2, 0) is 57.2 Å². The summed E-state index contributed by atoms with van der Waals surface area (Å²) < 4.78 is 26.2. The predicted molar refractivity (Wildman–Crippen MR) is 230 cm³/mol. The van der Waals surface area contributed by atoms with Crippen molar-refractivity contribution in [1.29, 1.82) is 0 Å². The molecule has 2 saturated heterocycles. The smallest absolute Gasteiger partial charge is 0.312 e. The van der Waals surface area contributed by atoms with E-state index in [4.69, 9.17) is 23.7 Å². The lowest BCUT2D eigenvalue weighted by Crippen LogP contribution is -2.44. The number of likely N-dealkylation sites (N-methyl/N-ethyl adjacent to an activating group) is 1. The van der Waals surface area contributed by atoms with Gasteiger partial charge in [0.05, 0.1) is 10.8 Å². The van der Waals surface area contributed by atoms with Gasteiger partial charge in [0, 0.05) is 78.2 Å². The van der Waals surface area contributed by atoms with E-state index in [1.807, 2.05) is 34.6 Å². The minimum atomic E-state index is -1.14. The molecule has 0 aromatic heterocycles. The molecule has 0 aliphatic carbocycles. The van der Waals surface area contributed by atoms with E-state index in [1.165, 1.54) is 20.8 Å². The first-order valence-electron chi connectivity index (χ1n) is 21.1. The molecule has 17 heteroatoms. The normalized spacial score (nSPS) is 18.5. The fraction of sp³-hybridized carbons (Fsp3) is 0.841. The SMILES string of the molecule is C.C.CCC(CC(C)(CC(C)N1CCCC1=O)C(=O)OCC(O)COC(C)=O)OC(C)=O.CCNCC(O)COC(=O)C(C)(CC(CC)OC(C)=O)CC(C)N1CCCC1=O. The van der Waals surface area contributed by atoms with Crippen LogP contribution in [0.1, 0.15) is 148 Å². The lowest BCUT2D eigenvalue weighted by atomic mass is 9.78. The molecule has 0 bridgehead atoms. The summed E-state index contributed by atoms with van der Waals surface area (Å²) in [6, 6.07) is -0.331. The number of carbonyl (C=O) groups is 7. The molecule has 2 rings (SSSR count). The van der Waals surface area contributed by atoms with Crippen LogP contribution < -0.4 is 5.32 Å². The van der Waals surface area contributed by atoms with Gasteiger partial charge in [-0.25, -0.2) is 0 Å². The molecule has 2 amide bonds. The van der Waals surface area contributed by atoms with E-state index < -0.39 is 65.1 Å². The number of nitrogens with one attached hydrogen (secondary N) is 1. The van der Waals surface area contributed by atoms with Crippen LogP contribution in [0.4, 0.5) is 0 Å². The Morgan fingerprint density at radius 2 is 1.02 bits per heavy atom. The number of hydrogen-bond donors (Lipinski definition) is 3. The Hall–Kier alpha value is -3.83. The monoisotopic (exact) mass is 876 g/mol. The van der Waals surface area contributed by atoms with Crippen molar-refractivity contribution in [2.24, 2.45) is 10.8 Å². The number of amides is 2. The molecule has 2 heterocycles. The Labute approximate surface area is 365 Å². The largest absolute Gasteiger partial charge is 0.463 e. The standard InChI is InChI=1S/C21H38N2O6.C21H35NO8.2CH4/c1-6-18(29-16(4)24)12-21(5,11-15(3)23-10-8-9-19(23)26)20(27)28-14-17(25)13-22-7-2;1-6-18(30-16(4)24)11-21(5,10-14(2)22-9-7-8-19(22)26)20(27)29-13-17(25)12-28-15(3)23;;/h15,17-18,22,25H,6-14H2,1-5H3;14,17-18,25H,6-13H2,1-5H3;2*1H4. The molecule has 0 saturated carbocycles.